The first-order valence-electron chi connectivity index (χ1n) is 4.44. The van der Waals surface area contributed by atoms with Crippen molar-refractivity contribution >= 4 is 13.1 Å². The van der Waals surface area contributed by atoms with Crippen LogP contribution in [-0.2, 0) is 9.09 Å². The molecule has 2 atom stereocenters. The number of nitro benzene ring substituents is 1. The average Bonchev–Trinajstić information content (AvgIpc) is 2.28. The fourth-order valence-corrected chi connectivity index (χ4v) is 2.07. The van der Waals surface area contributed by atoms with Crippen LogP contribution in [0, 0.1) is 10.1 Å². The molecule has 88 valence electrons. The molecule has 0 radical (unpaired) electrons. The Bertz CT molecular complexity index is 447. The quantitative estimate of drug-likeness (QED) is 0.498. The summed E-state index contributed by atoms with van der Waals surface area (Å²) < 4.78 is 16.4. The van der Waals surface area contributed by atoms with E-state index in [-0.39, 0.29) is 11.3 Å². The molecule has 0 aromatic heterocycles. The minimum absolute atomic E-state index is 0.160. The zero-order chi connectivity index (χ0) is 12.3. The molecular formula is C9H12NO5P. The van der Waals surface area contributed by atoms with E-state index < -0.39 is 18.1 Å². The predicted octanol–water partition coefficient (Wildman–Crippen LogP) is 2.14. The lowest BCUT2D eigenvalue weighted by molar-refractivity contribution is -0.384. The molecular weight excluding hydrogens is 233 g/mol. The summed E-state index contributed by atoms with van der Waals surface area (Å²) in [5, 5.41) is 20.3. The summed E-state index contributed by atoms with van der Waals surface area (Å²) in [4.78, 5) is 9.94. The molecule has 2 unspecified atom stereocenters. The second-order valence-electron chi connectivity index (χ2n) is 3.32. The molecule has 0 aliphatic carbocycles. The fraction of sp³-hybridized carbons (Fsp3) is 0.333. The maximum Gasteiger partial charge on any atom is 0.269 e. The van der Waals surface area contributed by atoms with E-state index in [0.717, 1.165) is 0 Å². The lowest BCUT2D eigenvalue weighted by atomic mass is 10.2. The summed E-state index contributed by atoms with van der Waals surface area (Å²) in [6, 6.07) is 5.36. The SMILES string of the molecule is COP(C)(=O)C(O)c1cccc([N+](=O)[O-])c1. The molecule has 0 fully saturated rings. The molecule has 0 spiro atoms. The third-order valence-electron chi connectivity index (χ3n) is 2.19. The molecule has 6 nitrogen and oxygen atoms in total. The number of nitrogens with zero attached hydrogens (tertiary/aromatic N) is 1. The lowest BCUT2D eigenvalue weighted by Crippen LogP contribution is -2.00. The van der Waals surface area contributed by atoms with Crippen molar-refractivity contribution in [3.05, 3.63) is 39.9 Å². The van der Waals surface area contributed by atoms with Crippen LogP contribution in [0.5, 0.6) is 0 Å². The Labute approximate surface area is 92.5 Å². The Balaban J connectivity index is 3.10. The van der Waals surface area contributed by atoms with Crippen LogP contribution >= 0.6 is 7.37 Å². The van der Waals surface area contributed by atoms with Crippen molar-refractivity contribution in [2.24, 2.45) is 0 Å². The highest BCUT2D eigenvalue weighted by Gasteiger charge is 2.28. The number of nitro groups is 1. The Morgan fingerprint density at radius 1 is 1.56 bits per heavy atom. The van der Waals surface area contributed by atoms with Gasteiger partial charge in [-0.1, -0.05) is 12.1 Å². The zero-order valence-corrected chi connectivity index (χ0v) is 9.76. The van der Waals surface area contributed by atoms with Gasteiger partial charge in [0.2, 0.25) is 7.37 Å². The predicted molar refractivity (Wildman–Crippen MR) is 58.6 cm³/mol. The fourth-order valence-electron chi connectivity index (χ4n) is 1.17. The van der Waals surface area contributed by atoms with Gasteiger partial charge in [-0.25, -0.2) is 0 Å². The number of aliphatic hydroxyl groups is 1. The van der Waals surface area contributed by atoms with Crippen molar-refractivity contribution in [2.75, 3.05) is 13.8 Å². The standard InChI is InChI=1S/C9H12NO5P/c1-15-16(2,14)9(11)7-4-3-5-8(6-7)10(12)13/h3-6,9,11H,1-2H3. The van der Waals surface area contributed by atoms with Crippen LogP contribution in [0.15, 0.2) is 24.3 Å². The van der Waals surface area contributed by atoms with Gasteiger partial charge in [-0.2, -0.15) is 0 Å². The smallest absolute Gasteiger partial charge is 0.269 e. The molecule has 1 aromatic carbocycles. The molecule has 0 saturated heterocycles. The van der Waals surface area contributed by atoms with Crippen LogP contribution in [0.1, 0.15) is 11.4 Å². The topological polar surface area (TPSA) is 89.7 Å². The second-order valence-corrected chi connectivity index (χ2v) is 5.99. The monoisotopic (exact) mass is 245 g/mol. The van der Waals surface area contributed by atoms with Crippen LogP contribution in [-0.4, -0.2) is 23.8 Å². The minimum Gasteiger partial charge on any atom is -0.378 e. The number of hydrogen-bond donors (Lipinski definition) is 1. The van der Waals surface area contributed by atoms with Crippen molar-refractivity contribution < 1.29 is 19.1 Å². The van der Waals surface area contributed by atoms with Crippen molar-refractivity contribution in [1.29, 1.82) is 0 Å². The van der Waals surface area contributed by atoms with Gasteiger partial charge in [-0.3, -0.25) is 14.7 Å². The largest absolute Gasteiger partial charge is 0.378 e. The number of hydrogen-bond acceptors (Lipinski definition) is 5. The van der Waals surface area contributed by atoms with Crippen LogP contribution in [0.25, 0.3) is 0 Å². The van der Waals surface area contributed by atoms with Crippen LogP contribution in [0.2, 0.25) is 0 Å². The van der Waals surface area contributed by atoms with E-state index in [1.807, 2.05) is 0 Å². The summed E-state index contributed by atoms with van der Waals surface area (Å²) in [6.45, 7) is 1.27. The van der Waals surface area contributed by atoms with Crippen LogP contribution in [0.4, 0.5) is 5.69 Å². The molecule has 0 heterocycles. The Kier molecular flexibility index (Phi) is 3.80. The highest BCUT2D eigenvalue weighted by molar-refractivity contribution is 7.58. The van der Waals surface area contributed by atoms with Gasteiger partial charge in [-0.15, -0.1) is 0 Å². The first-order valence-corrected chi connectivity index (χ1v) is 6.58. The third kappa shape index (κ3) is 2.66. The molecule has 0 amide bonds. The maximum atomic E-state index is 11.7. The molecule has 16 heavy (non-hydrogen) atoms. The van der Waals surface area contributed by atoms with Crippen LogP contribution < -0.4 is 0 Å². The zero-order valence-electron chi connectivity index (χ0n) is 8.86. The van der Waals surface area contributed by atoms with Gasteiger partial charge in [0.1, 0.15) is 0 Å². The summed E-state index contributed by atoms with van der Waals surface area (Å²) in [7, 11) is -1.98. The van der Waals surface area contributed by atoms with Gasteiger partial charge in [0.05, 0.1) is 4.92 Å². The summed E-state index contributed by atoms with van der Waals surface area (Å²) >= 11 is 0. The molecule has 1 aromatic rings. The average molecular weight is 245 g/mol. The highest BCUT2D eigenvalue weighted by atomic mass is 31.2. The van der Waals surface area contributed by atoms with E-state index in [9.17, 15) is 19.8 Å². The van der Waals surface area contributed by atoms with Crippen molar-refractivity contribution in [2.45, 2.75) is 5.85 Å². The summed E-state index contributed by atoms with van der Waals surface area (Å²) in [6.07, 6.45) is 0. The third-order valence-corrected chi connectivity index (χ3v) is 4.10. The maximum absolute atomic E-state index is 11.7. The van der Waals surface area contributed by atoms with Gasteiger partial charge >= 0.3 is 0 Å². The Morgan fingerprint density at radius 3 is 2.69 bits per heavy atom. The number of rotatable bonds is 4. The second kappa shape index (κ2) is 4.74. The summed E-state index contributed by atoms with van der Waals surface area (Å²) in [5.74, 6) is -1.35. The van der Waals surface area contributed by atoms with Gasteiger partial charge in [0, 0.05) is 25.9 Å². The van der Waals surface area contributed by atoms with Gasteiger partial charge in [0.25, 0.3) is 5.69 Å². The van der Waals surface area contributed by atoms with Crippen molar-refractivity contribution in [3.8, 4) is 0 Å². The number of benzene rings is 1. The van der Waals surface area contributed by atoms with Crippen molar-refractivity contribution in [3.63, 3.8) is 0 Å². The van der Waals surface area contributed by atoms with Gasteiger partial charge in [-0.05, 0) is 5.56 Å². The molecule has 1 rings (SSSR count). The van der Waals surface area contributed by atoms with E-state index >= 15 is 0 Å². The molecule has 1 N–H and O–H groups in total. The van der Waals surface area contributed by atoms with E-state index in [1.54, 1.807) is 0 Å². The summed E-state index contributed by atoms with van der Waals surface area (Å²) in [5.41, 5.74) is 0.0505. The minimum atomic E-state index is -3.20. The van der Waals surface area contributed by atoms with Crippen molar-refractivity contribution in [1.82, 2.24) is 0 Å². The molecule has 0 aliphatic heterocycles. The Hall–Kier alpha value is -1.23. The van der Waals surface area contributed by atoms with Gasteiger partial charge in [0.15, 0.2) is 5.85 Å². The molecule has 0 bridgehead atoms. The first-order chi connectivity index (χ1) is 7.38. The number of aliphatic hydroxyl groups excluding tert-OH is 1. The first kappa shape index (κ1) is 12.8. The van der Waals surface area contributed by atoms with Gasteiger partial charge < -0.3 is 9.63 Å². The van der Waals surface area contributed by atoms with E-state index in [1.165, 1.54) is 38.0 Å². The number of non-ortho nitro benzene ring substituents is 1. The highest BCUT2D eigenvalue weighted by Crippen LogP contribution is 2.54. The lowest BCUT2D eigenvalue weighted by Gasteiger charge is -2.17. The molecule has 0 saturated carbocycles. The van der Waals surface area contributed by atoms with E-state index in [4.69, 9.17) is 0 Å². The molecule has 0 aliphatic rings. The van der Waals surface area contributed by atoms with E-state index in [0.29, 0.717) is 0 Å². The Morgan fingerprint density at radius 2 is 2.19 bits per heavy atom. The normalized spacial score (nSPS) is 16.4. The van der Waals surface area contributed by atoms with E-state index in [2.05, 4.69) is 4.52 Å². The van der Waals surface area contributed by atoms with Crippen LogP contribution in [0.3, 0.4) is 0 Å². The molecule has 7 heteroatoms.